The van der Waals surface area contributed by atoms with Crippen LogP contribution in [0.5, 0.6) is 0 Å². The zero-order valence-electron chi connectivity index (χ0n) is 10.3. The van der Waals surface area contributed by atoms with Gasteiger partial charge in [0.2, 0.25) is 0 Å². The van der Waals surface area contributed by atoms with Crippen LogP contribution in [0.4, 0.5) is 14.5 Å². The van der Waals surface area contributed by atoms with Gasteiger partial charge in [0.05, 0.1) is 11.3 Å². The van der Waals surface area contributed by atoms with E-state index in [1.54, 1.807) is 0 Å². The number of carboxylic acids is 1. The summed E-state index contributed by atoms with van der Waals surface area (Å²) >= 11 is 0. The zero-order valence-corrected chi connectivity index (χ0v) is 10.3. The molecule has 7 heteroatoms. The average Bonchev–Trinajstić information content (AvgIpc) is 2.59. The minimum atomic E-state index is -1.24. The first-order chi connectivity index (χ1) is 9.32. The van der Waals surface area contributed by atoms with Gasteiger partial charge in [0.1, 0.15) is 11.6 Å². The van der Waals surface area contributed by atoms with Crippen LogP contribution in [0.2, 0.25) is 0 Å². The van der Waals surface area contributed by atoms with Gasteiger partial charge in [-0.1, -0.05) is 0 Å². The Morgan fingerprint density at radius 3 is 2.50 bits per heavy atom. The number of carbonyl (C=O) groups is 3. The first-order valence-corrected chi connectivity index (χ1v) is 5.57. The summed E-state index contributed by atoms with van der Waals surface area (Å²) in [4.78, 5) is 34.7. The first kappa shape index (κ1) is 13.9. The number of benzene rings is 1. The average molecular weight is 281 g/mol. The monoisotopic (exact) mass is 281 g/mol. The second kappa shape index (κ2) is 4.84. The molecule has 1 heterocycles. The van der Waals surface area contributed by atoms with Crippen molar-refractivity contribution in [2.24, 2.45) is 0 Å². The van der Waals surface area contributed by atoms with E-state index < -0.39 is 40.5 Å². The molecule has 20 heavy (non-hydrogen) atoms. The zero-order chi connectivity index (χ0) is 15.0. The molecule has 0 saturated heterocycles. The molecule has 1 N–H and O–H groups in total. The van der Waals surface area contributed by atoms with Crippen molar-refractivity contribution in [1.82, 2.24) is 0 Å². The minimum Gasteiger partial charge on any atom is -0.478 e. The highest BCUT2D eigenvalue weighted by atomic mass is 19.1. The SMILES string of the molecule is C/C(=C/C(=O)O)CN1C(=O)C(=O)c2c(F)ccc(F)c21. The van der Waals surface area contributed by atoms with Gasteiger partial charge < -0.3 is 5.11 Å². The van der Waals surface area contributed by atoms with Crippen LogP contribution in [0.25, 0.3) is 0 Å². The van der Waals surface area contributed by atoms with E-state index in [-0.39, 0.29) is 12.1 Å². The summed E-state index contributed by atoms with van der Waals surface area (Å²) in [7, 11) is 0. The lowest BCUT2D eigenvalue weighted by Crippen LogP contribution is -2.31. The molecule has 0 unspecified atom stereocenters. The fraction of sp³-hybridized carbons (Fsp3) is 0.154. The van der Waals surface area contributed by atoms with E-state index in [2.05, 4.69) is 0 Å². The Kier molecular flexibility index (Phi) is 3.35. The van der Waals surface area contributed by atoms with E-state index >= 15 is 0 Å². The third-order valence-electron chi connectivity index (χ3n) is 2.79. The molecule has 1 aromatic rings. The molecule has 0 aromatic heterocycles. The number of aliphatic carboxylic acids is 1. The van der Waals surface area contributed by atoms with Crippen molar-refractivity contribution >= 4 is 23.3 Å². The molecule has 2 rings (SSSR count). The van der Waals surface area contributed by atoms with Gasteiger partial charge in [-0.25, -0.2) is 13.6 Å². The Morgan fingerprint density at radius 2 is 1.90 bits per heavy atom. The molecule has 0 saturated carbocycles. The number of carboxylic acid groups (broad SMARTS) is 1. The summed E-state index contributed by atoms with van der Waals surface area (Å²) in [6.45, 7) is 1.10. The van der Waals surface area contributed by atoms with Gasteiger partial charge in [0, 0.05) is 12.6 Å². The fourth-order valence-corrected chi connectivity index (χ4v) is 2.01. The second-order valence-corrected chi connectivity index (χ2v) is 4.30. The number of nitrogens with zero attached hydrogens (tertiary/aromatic N) is 1. The van der Waals surface area contributed by atoms with Crippen LogP contribution in [0, 0.1) is 11.6 Å². The van der Waals surface area contributed by atoms with E-state index in [1.165, 1.54) is 6.92 Å². The molecule has 1 aliphatic rings. The van der Waals surface area contributed by atoms with E-state index in [1.807, 2.05) is 0 Å². The van der Waals surface area contributed by atoms with Crippen LogP contribution >= 0.6 is 0 Å². The standard InChI is InChI=1S/C13H9F2NO4/c1-6(4-9(17)18)5-16-11-8(15)3-2-7(14)10(11)12(19)13(16)20/h2-4H,5H2,1H3,(H,17,18)/b6-4-. The highest BCUT2D eigenvalue weighted by molar-refractivity contribution is 6.52. The lowest BCUT2D eigenvalue weighted by molar-refractivity contribution is -0.131. The van der Waals surface area contributed by atoms with Crippen LogP contribution in [-0.4, -0.2) is 29.3 Å². The first-order valence-electron chi connectivity index (χ1n) is 5.57. The number of anilines is 1. The Balaban J connectivity index is 2.49. The molecular weight excluding hydrogens is 272 g/mol. The van der Waals surface area contributed by atoms with Crippen molar-refractivity contribution in [3.05, 3.63) is 41.0 Å². The molecular formula is C13H9F2NO4. The molecule has 1 amide bonds. The van der Waals surface area contributed by atoms with E-state index in [0.717, 1.165) is 23.1 Å². The third-order valence-corrected chi connectivity index (χ3v) is 2.79. The maximum atomic E-state index is 13.7. The summed E-state index contributed by atoms with van der Waals surface area (Å²) in [5.41, 5.74) is -0.841. The third kappa shape index (κ3) is 2.18. The Hall–Kier alpha value is -2.57. The van der Waals surface area contributed by atoms with E-state index in [9.17, 15) is 23.2 Å². The molecule has 0 spiro atoms. The molecule has 0 radical (unpaired) electrons. The summed E-state index contributed by atoms with van der Waals surface area (Å²) in [6.07, 6.45) is 0.826. The van der Waals surface area contributed by atoms with Crippen molar-refractivity contribution in [3.63, 3.8) is 0 Å². The van der Waals surface area contributed by atoms with Gasteiger partial charge in [-0.05, 0) is 24.6 Å². The Bertz CT molecular complexity index is 667. The number of hydrogen-bond donors (Lipinski definition) is 1. The maximum Gasteiger partial charge on any atom is 0.328 e. The maximum absolute atomic E-state index is 13.7. The molecule has 104 valence electrons. The van der Waals surface area contributed by atoms with Gasteiger partial charge in [-0.2, -0.15) is 0 Å². The summed E-state index contributed by atoms with van der Waals surface area (Å²) in [5, 5.41) is 8.59. The number of Topliss-reactive ketones (excluding diaryl/α,β-unsaturated/α-hetero) is 1. The topological polar surface area (TPSA) is 74.7 Å². The van der Waals surface area contributed by atoms with Crippen LogP contribution in [0.15, 0.2) is 23.8 Å². The van der Waals surface area contributed by atoms with Crippen molar-refractivity contribution in [3.8, 4) is 0 Å². The fourth-order valence-electron chi connectivity index (χ4n) is 2.01. The van der Waals surface area contributed by atoms with Crippen LogP contribution in [-0.2, 0) is 9.59 Å². The second-order valence-electron chi connectivity index (χ2n) is 4.30. The summed E-state index contributed by atoms with van der Waals surface area (Å²) in [6, 6.07) is 1.58. The molecule has 0 atom stereocenters. The molecule has 0 fully saturated rings. The van der Waals surface area contributed by atoms with E-state index in [0.29, 0.717) is 0 Å². The minimum absolute atomic E-state index is 0.218. The number of ketones is 1. The number of amides is 1. The summed E-state index contributed by atoms with van der Waals surface area (Å²) < 4.78 is 27.3. The van der Waals surface area contributed by atoms with E-state index in [4.69, 9.17) is 5.11 Å². The molecule has 1 aliphatic heterocycles. The quantitative estimate of drug-likeness (QED) is 0.673. The van der Waals surface area contributed by atoms with Gasteiger partial charge in [-0.3, -0.25) is 14.5 Å². The van der Waals surface area contributed by atoms with Gasteiger partial charge in [0.25, 0.3) is 11.7 Å². The predicted octanol–water partition coefficient (Wildman–Crippen LogP) is 1.53. The Labute approximate surface area is 112 Å². The number of fused-ring (bicyclic) bond motifs is 1. The normalized spacial score (nSPS) is 14.8. The molecule has 0 aliphatic carbocycles. The van der Waals surface area contributed by atoms with Crippen molar-refractivity contribution in [2.45, 2.75) is 6.92 Å². The van der Waals surface area contributed by atoms with Gasteiger partial charge in [0.15, 0.2) is 0 Å². The lowest BCUT2D eigenvalue weighted by Gasteiger charge is -2.17. The van der Waals surface area contributed by atoms with Crippen molar-refractivity contribution < 1.29 is 28.3 Å². The smallest absolute Gasteiger partial charge is 0.328 e. The molecule has 5 nitrogen and oxygen atoms in total. The van der Waals surface area contributed by atoms with Crippen molar-refractivity contribution in [1.29, 1.82) is 0 Å². The molecule has 1 aromatic carbocycles. The van der Waals surface area contributed by atoms with Gasteiger partial charge >= 0.3 is 5.97 Å². The summed E-state index contributed by atoms with van der Waals surface area (Å²) in [5.74, 6) is -5.35. The van der Waals surface area contributed by atoms with Crippen LogP contribution in [0.1, 0.15) is 17.3 Å². The Morgan fingerprint density at radius 1 is 1.30 bits per heavy atom. The highest BCUT2D eigenvalue weighted by Crippen LogP contribution is 2.34. The van der Waals surface area contributed by atoms with Gasteiger partial charge in [-0.15, -0.1) is 0 Å². The van der Waals surface area contributed by atoms with Crippen LogP contribution < -0.4 is 4.90 Å². The van der Waals surface area contributed by atoms with Crippen molar-refractivity contribution in [2.75, 3.05) is 11.4 Å². The number of rotatable bonds is 3. The number of hydrogen-bond acceptors (Lipinski definition) is 3. The lowest BCUT2D eigenvalue weighted by atomic mass is 10.1. The predicted molar refractivity (Wildman–Crippen MR) is 64.4 cm³/mol. The largest absolute Gasteiger partial charge is 0.478 e. The van der Waals surface area contributed by atoms with Crippen LogP contribution in [0.3, 0.4) is 0 Å². The number of halogens is 2. The molecule has 0 bridgehead atoms. The number of carbonyl (C=O) groups excluding carboxylic acids is 2. The highest BCUT2D eigenvalue weighted by Gasteiger charge is 2.40.